The fourth-order valence-corrected chi connectivity index (χ4v) is 2.50. The molecule has 0 atom stereocenters. The van der Waals surface area contributed by atoms with Crippen LogP contribution in [0.2, 0.25) is 0 Å². The van der Waals surface area contributed by atoms with Gasteiger partial charge in [-0.05, 0) is 24.1 Å². The lowest BCUT2D eigenvalue weighted by atomic mass is 9.79. The van der Waals surface area contributed by atoms with Gasteiger partial charge in [-0.1, -0.05) is 12.1 Å². The summed E-state index contributed by atoms with van der Waals surface area (Å²) >= 11 is 0. The van der Waals surface area contributed by atoms with E-state index in [1.54, 1.807) is 6.07 Å². The Morgan fingerprint density at radius 2 is 1.89 bits per heavy atom. The quantitative estimate of drug-likeness (QED) is 0.792. The van der Waals surface area contributed by atoms with Crippen LogP contribution in [0.5, 0.6) is 0 Å². The zero-order valence-electron chi connectivity index (χ0n) is 10.1. The van der Waals surface area contributed by atoms with E-state index in [1.807, 2.05) is 0 Å². The van der Waals surface area contributed by atoms with Crippen LogP contribution >= 0.6 is 0 Å². The van der Waals surface area contributed by atoms with Crippen LogP contribution in [0.25, 0.3) is 0 Å². The molecule has 0 amide bonds. The number of hydrogen-bond acceptors (Lipinski definition) is 4. The smallest absolute Gasteiger partial charge is 0.147 e. The second-order valence-corrected chi connectivity index (χ2v) is 6.75. The Balaban J connectivity index is 3.07. The summed E-state index contributed by atoms with van der Waals surface area (Å²) in [6, 6.07) is 5.48. The van der Waals surface area contributed by atoms with Gasteiger partial charge in [-0.2, -0.15) is 0 Å². The number of aliphatic hydroxyl groups is 2. The number of hydrogen-bond donors (Lipinski definition) is 2. The summed E-state index contributed by atoms with van der Waals surface area (Å²) in [5, 5.41) is 18.9. The maximum absolute atomic E-state index is 13.2. The summed E-state index contributed by atoms with van der Waals surface area (Å²) < 4.78 is 35.5. The average molecular weight is 276 g/mol. The molecular weight excluding hydrogens is 259 g/mol. The first-order valence-corrected chi connectivity index (χ1v) is 7.54. The van der Waals surface area contributed by atoms with Crippen molar-refractivity contribution in [2.75, 3.05) is 25.2 Å². The molecule has 0 spiro atoms. The van der Waals surface area contributed by atoms with Crippen molar-refractivity contribution in [2.45, 2.75) is 11.8 Å². The molecule has 0 fully saturated rings. The molecule has 1 rings (SSSR count). The lowest BCUT2D eigenvalue weighted by Crippen LogP contribution is -2.37. The maximum Gasteiger partial charge on any atom is 0.147 e. The van der Waals surface area contributed by atoms with E-state index in [9.17, 15) is 23.0 Å². The summed E-state index contributed by atoms with van der Waals surface area (Å²) in [5.41, 5.74) is -0.735. The van der Waals surface area contributed by atoms with Gasteiger partial charge in [0.25, 0.3) is 0 Å². The topological polar surface area (TPSA) is 74.6 Å². The van der Waals surface area contributed by atoms with Gasteiger partial charge >= 0.3 is 0 Å². The van der Waals surface area contributed by atoms with Gasteiger partial charge in [0.05, 0.1) is 19.0 Å². The molecule has 6 heteroatoms. The lowest BCUT2D eigenvalue weighted by molar-refractivity contribution is 0.113. The standard InChI is InChI=1S/C12H17FO4S/c1-18(16,17)6-5-12(8-14,9-15)10-3-2-4-11(13)7-10/h2-4,7,14-15H,5-6,8-9H2,1H3. The monoisotopic (exact) mass is 276 g/mol. The van der Waals surface area contributed by atoms with Crippen LogP contribution in [0.15, 0.2) is 24.3 Å². The first kappa shape index (κ1) is 15.1. The highest BCUT2D eigenvalue weighted by atomic mass is 32.2. The number of rotatable bonds is 6. The molecule has 0 aromatic heterocycles. The minimum absolute atomic E-state index is 0.0439. The van der Waals surface area contributed by atoms with E-state index in [1.165, 1.54) is 18.2 Å². The van der Waals surface area contributed by atoms with Gasteiger partial charge in [-0.15, -0.1) is 0 Å². The van der Waals surface area contributed by atoms with E-state index in [0.29, 0.717) is 5.56 Å². The Morgan fingerprint density at radius 3 is 2.33 bits per heavy atom. The molecule has 0 aliphatic rings. The predicted octanol–water partition coefficient (Wildman–Crippen LogP) is 0.483. The van der Waals surface area contributed by atoms with Crippen molar-refractivity contribution >= 4 is 9.84 Å². The van der Waals surface area contributed by atoms with Crippen molar-refractivity contribution < 1.29 is 23.0 Å². The Morgan fingerprint density at radius 1 is 1.28 bits per heavy atom. The second-order valence-electron chi connectivity index (χ2n) is 4.49. The SMILES string of the molecule is CS(=O)(=O)CCC(CO)(CO)c1cccc(F)c1. The maximum atomic E-state index is 13.2. The zero-order valence-corrected chi connectivity index (χ0v) is 11.0. The van der Waals surface area contributed by atoms with Gasteiger partial charge in [0.1, 0.15) is 15.7 Å². The van der Waals surface area contributed by atoms with Crippen LogP contribution in [-0.2, 0) is 15.3 Å². The Labute approximate surface area is 106 Å². The van der Waals surface area contributed by atoms with Gasteiger partial charge in [0.2, 0.25) is 0 Å². The highest BCUT2D eigenvalue weighted by molar-refractivity contribution is 7.90. The second kappa shape index (κ2) is 5.77. The van der Waals surface area contributed by atoms with Crippen molar-refractivity contribution in [3.63, 3.8) is 0 Å². The van der Waals surface area contributed by atoms with Crippen LogP contribution in [0.1, 0.15) is 12.0 Å². The van der Waals surface area contributed by atoms with Crippen LogP contribution in [-0.4, -0.2) is 43.9 Å². The normalized spacial score (nSPS) is 12.7. The molecular formula is C12H17FO4S. The summed E-state index contributed by atoms with van der Waals surface area (Å²) in [5.74, 6) is -0.664. The Kier molecular flexibility index (Phi) is 4.84. The molecule has 0 radical (unpaired) electrons. The molecule has 0 saturated carbocycles. The van der Waals surface area contributed by atoms with Gasteiger partial charge in [0.15, 0.2) is 0 Å². The summed E-state index contributed by atoms with van der Waals surface area (Å²) in [6.45, 7) is -0.884. The number of benzene rings is 1. The molecule has 0 unspecified atom stereocenters. The van der Waals surface area contributed by atoms with Crippen molar-refractivity contribution in [3.05, 3.63) is 35.6 Å². The molecule has 1 aromatic rings. The van der Waals surface area contributed by atoms with Crippen molar-refractivity contribution in [3.8, 4) is 0 Å². The number of halogens is 1. The van der Waals surface area contributed by atoms with Crippen molar-refractivity contribution in [1.82, 2.24) is 0 Å². The van der Waals surface area contributed by atoms with Crippen LogP contribution < -0.4 is 0 Å². The molecule has 0 aliphatic heterocycles. The largest absolute Gasteiger partial charge is 0.395 e. The molecule has 4 nitrogen and oxygen atoms in total. The molecule has 1 aromatic carbocycles. The van der Waals surface area contributed by atoms with Crippen LogP contribution in [0, 0.1) is 5.82 Å². The Bertz CT molecular complexity index is 495. The fraction of sp³-hybridized carbons (Fsp3) is 0.500. The van der Waals surface area contributed by atoms with Gasteiger partial charge in [0, 0.05) is 11.7 Å². The third kappa shape index (κ3) is 3.76. The van der Waals surface area contributed by atoms with Gasteiger partial charge < -0.3 is 10.2 Å². The lowest BCUT2D eigenvalue weighted by Gasteiger charge is -2.30. The van der Waals surface area contributed by atoms with E-state index < -0.39 is 34.3 Å². The molecule has 102 valence electrons. The summed E-state index contributed by atoms with van der Waals surface area (Å²) in [6.07, 6.45) is 1.13. The molecule has 0 bridgehead atoms. The third-order valence-electron chi connectivity index (χ3n) is 2.99. The average Bonchev–Trinajstić information content (AvgIpc) is 2.30. The van der Waals surface area contributed by atoms with E-state index in [0.717, 1.165) is 6.26 Å². The zero-order chi connectivity index (χ0) is 13.8. The molecule has 2 N–H and O–H groups in total. The molecule has 0 saturated heterocycles. The number of sulfone groups is 1. The number of aliphatic hydroxyl groups excluding tert-OH is 2. The van der Waals surface area contributed by atoms with E-state index in [2.05, 4.69) is 0 Å². The fourth-order valence-electron chi connectivity index (χ4n) is 1.73. The molecule has 0 aliphatic carbocycles. The summed E-state index contributed by atoms with van der Waals surface area (Å²) in [7, 11) is -3.21. The predicted molar refractivity (Wildman–Crippen MR) is 66.6 cm³/mol. The van der Waals surface area contributed by atoms with Gasteiger partial charge in [-0.25, -0.2) is 12.8 Å². The van der Waals surface area contributed by atoms with Crippen LogP contribution in [0.3, 0.4) is 0 Å². The first-order chi connectivity index (χ1) is 8.33. The first-order valence-electron chi connectivity index (χ1n) is 5.48. The van der Waals surface area contributed by atoms with Crippen molar-refractivity contribution in [1.29, 1.82) is 0 Å². The minimum Gasteiger partial charge on any atom is -0.395 e. The Hall–Kier alpha value is -0.980. The molecule has 0 heterocycles. The molecule has 18 heavy (non-hydrogen) atoms. The van der Waals surface area contributed by atoms with E-state index in [-0.39, 0.29) is 12.2 Å². The minimum atomic E-state index is -3.21. The van der Waals surface area contributed by atoms with E-state index in [4.69, 9.17) is 0 Å². The van der Waals surface area contributed by atoms with Crippen molar-refractivity contribution in [2.24, 2.45) is 0 Å². The third-order valence-corrected chi connectivity index (χ3v) is 3.94. The van der Waals surface area contributed by atoms with Crippen LogP contribution in [0.4, 0.5) is 4.39 Å². The summed E-state index contributed by atoms with van der Waals surface area (Å²) in [4.78, 5) is 0. The van der Waals surface area contributed by atoms with Gasteiger partial charge in [-0.3, -0.25) is 0 Å². The highest BCUT2D eigenvalue weighted by Crippen LogP contribution is 2.28. The van der Waals surface area contributed by atoms with E-state index >= 15 is 0 Å². The highest BCUT2D eigenvalue weighted by Gasteiger charge is 2.32.